The predicted molar refractivity (Wildman–Crippen MR) is 83.4 cm³/mol. The number of rotatable bonds is 3. The van der Waals surface area contributed by atoms with Crippen LogP contribution in [0.5, 0.6) is 0 Å². The molecule has 1 aromatic carbocycles. The van der Waals surface area contributed by atoms with E-state index in [4.69, 9.17) is 33.7 Å². The van der Waals surface area contributed by atoms with Crippen LogP contribution >= 0.6 is 23.2 Å². The van der Waals surface area contributed by atoms with Gasteiger partial charge in [-0.1, -0.05) is 29.3 Å². The van der Waals surface area contributed by atoms with Gasteiger partial charge in [-0.15, -0.1) is 0 Å². The van der Waals surface area contributed by atoms with Crippen LogP contribution in [-0.4, -0.2) is 18.2 Å². The Hall–Kier alpha value is -0.280. The summed E-state index contributed by atoms with van der Waals surface area (Å²) in [6.07, 6.45) is 6.70. The van der Waals surface area contributed by atoms with Gasteiger partial charge in [0.15, 0.2) is 0 Å². The fraction of sp³-hybridized carbons (Fsp3) is 0.625. The standard InChI is InChI=1S/C16H21Cl2NO/c17-13-3-2-11(14(18)9-13)8-15(19)12-4-7-20-16(10-12)5-1-6-16/h2-3,9,12,15H,1,4-8,10,19H2. The Morgan fingerprint density at radius 1 is 1.35 bits per heavy atom. The Kier molecular flexibility index (Phi) is 4.28. The summed E-state index contributed by atoms with van der Waals surface area (Å²) in [6.45, 7) is 0.854. The van der Waals surface area contributed by atoms with E-state index in [1.807, 2.05) is 12.1 Å². The van der Waals surface area contributed by atoms with Crippen molar-refractivity contribution in [3.05, 3.63) is 33.8 Å². The Morgan fingerprint density at radius 3 is 2.80 bits per heavy atom. The van der Waals surface area contributed by atoms with Crippen LogP contribution in [0.15, 0.2) is 18.2 Å². The van der Waals surface area contributed by atoms with Gasteiger partial charge in [-0.2, -0.15) is 0 Å². The van der Waals surface area contributed by atoms with Gasteiger partial charge in [0.05, 0.1) is 5.60 Å². The van der Waals surface area contributed by atoms with Gasteiger partial charge >= 0.3 is 0 Å². The summed E-state index contributed by atoms with van der Waals surface area (Å²) in [5.41, 5.74) is 7.69. The fourth-order valence-corrected chi connectivity index (χ4v) is 3.94. The largest absolute Gasteiger partial charge is 0.375 e. The quantitative estimate of drug-likeness (QED) is 0.907. The van der Waals surface area contributed by atoms with Crippen molar-refractivity contribution in [1.82, 2.24) is 0 Å². The van der Waals surface area contributed by atoms with E-state index in [2.05, 4.69) is 0 Å². The second kappa shape index (κ2) is 5.84. The zero-order chi connectivity index (χ0) is 14.2. The first kappa shape index (κ1) is 14.6. The minimum Gasteiger partial charge on any atom is -0.375 e. The molecule has 1 aliphatic heterocycles. The maximum atomic E-state index is 6.44. The van der Waals surface area contributed by atoms with Crippen LogP contribution in [0, 0.1) is 5.92 Å². The van der Waals surface area contributed by atoms with Crippen molar-refractivity contribution in [3.63, 3.8) is 0 Å². The van der Waals surface area contributed by atoms with Crippen molar-refractivity contribution in [2.75, 3.05) is 6.61 Å². The lowest BCUT2D eigenvalue weighted by Gasteiger charge is -2.48. The third-order valence-electron chi connectivity index (χ3n) is 4.87. The second-order valence-corrected chi connectivity index (χ2v) is 7.09. The third kappa shape index (κ3) is 2.99. The van der Waals surface area contributed by atoms with Crippen molar-refractivity contribution >= 4 is 23.2 Å². The Bertz CT molecular complexity index is 487. The van der Waals surface area contributed by atoms with Gasteiger partial charge in [0.1, 0.15) is 0 Å². The van der Waals surface area contributed by atoms with Gasteiger partial charge in [-0.05, 0) is 62.1 Å². The molecule has 4 heteroatoms. The van der Waals surface area contributed by atoms with E-state index in [1.54, 1.807) is 6.07 Å². The molecule has 1 spiro atoms. The van der Waals surface area contributed by atoms with Gasteiger partial charge in [0.25, 0.3) is 0 Å². The molecule has 2 aliphatic rings. The van der Waals surface area contributed by atoms with Crippen LogP contribution in [0.3, 0.4) is 0 Å². The zero-order valence-corrected chi connectivity index (χ0v) is 13.1. The van der Waals surface area contributed by atoms with Crippen molar-refractivity contribution in [2.24, 2.45) is 11.7 Å². The first-order valence-corrected chi connectivity index (χ1v) is 8.17. The maximum Gasteiger partial charge on any atom is 0.0685 e. The summed E-state index contributed by atoms with van der Waals surface area (Å²) in [4.78, 5) is 0. The van der Waals surface area contributed by atoms with Gasteiger partial charge < -0.3 is 10.5 Å². The topological polar surface area (TPSA) is 35.2 Å². The average molecular weight is 314 g/mol. The van der Waals surface area contributed by atoms with E-state index in [-0.39, 0.29) is 11.6 Å². The Labute approximate surface area is 130 Å². The number of nitrogens with two attached hydrogens (primary N) is 1. The minimum absolute atomic E-state index is 0.148. The molecule has 1 saturated carbocycles. The molecule has 0 aromatic heterocycles. The van der Waals surface area contributed by atoms with Crippen LogP contribution in [0.1, 0.15) is 37.7 Å². The Morgan fingerprint density at radius 2 is 2.15 bits per heavy atom. The van der Waals surface area contributed by atoms with Crippen molar-refractivity contribution in [1.29, 1.82) is 0 Å². The Balaban J connectivity index is 1.65. The normalized spacial score (nSPS) is 26.2. The summed E-state index contributed by atoms with van der Waals surface area (Å²) < 4.78 is 5.97. The molecule has 1 aliphatic carbocycles. The van der Waals surface area contributed by atoms with Gasteiger partial charge in [-0.3, -0.25) is 0 Å². The molecular weight excluding hydrogens is 293 g/mol. The molecule has 2 unspecified atom stereocenters. The van der Waals surface area contributed by atoms with Crippen LogP contribution < -0.4 is 5.73 Å². The summed E-state index contributed by atoms with van der Waals surface area (Å²) in [5, 5.41) is 1.39. The fourth-order valence-electron chi connectivity index (χ4n) is 3.46. The maximum absolute atomic E-state index is 6.44. The van der Waals surface area contributed by atoms with Gasteiger partial charge in [-0.25, -0.2) is 0 Å². The highest BCUT2D eigenvalue weighted by molar-refractivity contribution is 6.35. The number of hydrogen-bond acceptors (Lipinski definition) is 2. The van der Waals surface area contributed by atoms with Crippen molar-refractivity contribution in [3.8, 4) is 0 Å². The zero-order valence-electron chi connectivity index (χ0n) is 11.6. The van der Waals surface area contributed by atoms with Crippen LogP contribution in [-0.2, 0) is 11.2 Å². The van der Waals surface area contributed by atoms with Crippen LogP contribution in [0.25, 0.3) is 0 Å². The van der Waals surface area contributed by atoms with E-state index >= 15 is 0 Å². The van der Waals surface area contributed by atoms with Gasteiger partial charge in [0.2, 0.25) is 0 Å². The van der Waals surface area contributed by atoms with E-state index in [9.17, 15) is 0 Å². The molecule has 20 heavy (non-hydrogen) atoms. The molecular formula is C16H21Cl2NO. The van der Waals surface area contributed by atoms with Crippen LogP contribution in [0.4, 0.5) is 0 Å². The molecule has 1 heterocycles. The average Bonchev–Trinajstić information content (AvgIpc) is 2.40. The minimum atomic E-state index is 0.148. The number of ether oxygens (including phenoxy) is 1. The number of hydrogen-bond donors (Lipinski definition) is 1. The molecule has 0 amide bonds. The lowest BCUT2D eigenvalue weighted by atomic mass is 9.70. The molecule has 2 N–H and O–H groups in total. The first-order valence-electron chi connectivity index (χ1n) is 7.41. The molecule has 110 valence electrons. The molecule has 0 radical (unpaired) electrons. The highest BCUT2D eigenvalue weighted by Gasteiger charge is 2.43. The van der Waals surface area contributed by atoms with E-state index in [0.717, 1.165) is 36.5 Å². The first-order chi connectivity index (χ1) is 9.58. The molecule has 1 aromatic rings. The molecule has 3 rings (SSSR count). The molecule has 0 bridgehead atoms. The lowest BCUT2D eigenvalue weighted by molar-refractivity contribution is -0.145. The lowest BCUT2D eigenvalue weighted by Crippen LogP contribution is -2.49. The molecule has 2 fully saturated rings. The highest BCUT2D eigenvalue weighted by atomic mass is 35.5. The summed E-state index contributed by atoms with van der Waals surface area (Å²) >= 11 is 12.2. The van der Waals surface area contributed by atoms with E-state index in [0.29, 0.717) is 10.9 Å². The summed E-state index contributed by atoms with van der Waals surface area (Å²) in [6, 6.07) is 5.81. The monoisotopic (exact) mass is 313 g/mol. The summed E-state index contributed by atoms with van der Waals surface area (Å²) in [7, 11) is 0. The molecule has 1 saturated heterocycles. The SMILES string of the molecule is NC(Cc1ccc(Cl)cc1Cl)C1CCOC2(CCC2)C1. The van der Waals surface area contributed by atoms with Gasteiger partial charge in [0, 0.05) is 22.7 Å². The van der Waals surface area contributed by atoms with Crippen molar-refractivity contribution < 1.29 is 4.74 Å². The molecule has 2 nitrogen and oxygen atoms in total. The van der Waals surface area contributed by atoms with Crippen LogP contribution in [0.2, 0.25) is 10.0 Å². The smallest absolute Gasteiger partial charge is 0.0685 e. The molecule has 2 atom stereocenters. The van der Waals surface area contributed by atoms with E-state index in [1.165, 1.54) is 19.3 Å². The second-order valence-electron chi connectivity index (χ2n) is 6.24. The predicted octanol–water partition coefficient (Wildman–Crippen LogP) is 4.21. The third-order valence-corrected chi connectivity index (χ3v) is 5.46. The van der Waals surface area contributed by atoms with E-state index < -0.39 is 0 Å². The number of halogens is 2. The number of benzene rings is 1. The highest BCUT2D eigenvalue weighted by Crippen LogP contribution is 2.45. The van der Waals surface area contributed by atoms with Crippen molar-refractivity contribution in [2.45, 2.75) is 50.2 Å². The summed E-state index contributed by atoms with van der Waals surface area (Å²) in [5.74, 6) is 0.538.